The highest BCUT2D eigenvalue weighted by atomic mass is 19.1. The molecule has 1 aliphatic heterocycles. The number of aromatic nitrogens is 1. The summed E-state index contributed by atoms with van der Waals surface area (Å²) in [5.74, 6) is 2.24. The first kappa shape index (κ1) is 15.7. The Morgan fingerprint density at radius 3 is 2.91 bits per heavy atom. The molecule has 3 rings (SSSR count). The second kappa shape index (κ2) is 7.42. The van der Waals surface area contributed by atoms with E-state index >= 15 is 0 Å². The van der Waals surface area contributed by atoms with Gasteiger partial charge in [-0.25, -0.2) is 9.37 Å². The summed E-state index contributed by atoms with van der Waals surface area (Å²) in [6, 6.07) is 12.7. The van der Waals surface area contributed by atoms with Crippen molar-refractivity contribution in [2.45, 2.75) is 12.8 Å². The van der Waals surface area contributed by atoms with E-state index in [2.05, 4.69) is 15.2 Å². The highest BCUT2D eigenvalue weighted by molar-refractivity contribution is 5.47. The molecule has 3 N–H and O–H groups in total. The van der Waals surface area contributed by atoms with Gasteiger partial charge in [-0.3, -0.25) is 0 Å². The largest absolute Gasteiger partial charge is 0.370 e. The molecule has 0 saturated carbocycles. The zero-order valence-corrected chi connectivity index (χ0v) is 13.2. The second-order valence-corrected chi connectivity index (χ2v) is 6.02. The Labute approximate surface area is 136 Å². The van der Waals surface area contributed by atoms with Crippen LogP contribution in [0.25, 0.3) is 0 Å². The van der Waals surface area contributed by atoms with Gasteiger partial charge in [-0.05, 0) is 55.1 Å². The van der Waals surface area contributed by atoms with E-state index in [0.29, 0.717) is 5.92 Å². The Balaban J connectivity index is 1.55. The van der Waals surface area contributed by atoms with Crippen LogP contribution < -0.4 is 16.0 Å². The van der Waals surface area contributed by atoms with Crippen LogP contribution in [0.4, 0.5) is 16.0 Å². The molecule has 0 aliphatic carbocycles. The molecule has 1 fully saturated rings. The Hall–Kier alpha value is -2.14. The average molecular weight is 314 g/mol. The van der Waals surface area contributed by atoms with E-state index in [4.69, 9.17) is 5.73 Å². The number of hydrogen-bond donors (Lipinski definition) is 2. The summed E-state index contributed by atoms with van der Waals surface area (Å²) in [7, 11) is 0. The first-order valence-corrected chi connectivity index (χ1v) is 8.15. The van der Waals surface area contributed by atoms with Crippen LogP contribution in [-0.2, 0) is 6.42 Å². The molecule has 1 aromatic carbocycles. The van der Waals surface area contributed by atoms with Gasteiger partial charge in [0.05, 0.1) is 0 Å². The molecule has 2 aromatic rings. The lowest BCUT2D eigenvalue weighted by atomic mass is 10.1. The highest BCUT2D eigenvalue weighted by Gasteiger charge is 2.22. The third-order valence-electron chi connectivity index (χ3n) is 4.29. The van der Waals surface area contributed by atoms with Crippen molar-refractivity contribution in [1.82, 2.24) is 4.98 Å². The molecular weight excluding hydrogens is 291 g/mol. The number of hydrogen-bond acceptors (Lipinski definition) is 4. The topological polar surface area (TPSA) is 54.2 Å². The van der Waals surface area contributed by atoms with E-state index < -0.39 is 0 Å². The maximum absolute atomic E-state index is 13.2. The molecule has 1 aliphatic rings. The van der Waals surface area contributed by atoms with Crippen molar-refractivity contribution in [2.24, 2.45) is 11.7 Å². The van der Waals surface area contributed by atoms with E-state index in [0.717, 1.165) is 56.2 Å². The molecule has 2 heterocycles. The molecule has 1 saturated heterocycles. The van der Waals surface area contributed by atoms with Crippen molar-refractivity contribution >= 4 is 11.6 Å². The molecular formula is C18H23FN4. The van der Waals surface area contributed by atoms with Gasteiger partial charge in [0.2, 0.25) is 0 Å². The minimum absolute atomic E-state index is 0.189. The van der Waals surface area contributed by atoms with Crippen LogP contribution in [-0.4, -0.2) is 31.2 Å². The van der Waals surface area contributed by atoms with Gasteiger partial charge in [-0.2, -0.15) is 0 Å². The van der Waals surface area contributed by atoms with Gasteiger partial charge in [0.25, 0.3) is 0 Å². The van der Waals surface area contributed by atoms with Gasteiger partial charge < -0.3 is 16.0 Å². The van der Waals surface area contributed by atoms with Crippen molar-refractivity contribution in [1.29, 1.82) is 0 Å². The Morgan fingerprint density at radius 2 is 2.13 bits per heavy atom. The molecule has 5 heteroatoms. The SMILES string of the molecule is NC[C@@H]1CCN(c2cccc(NCCc3cccc(F)c3)n2)C1. The van der Waals surface area contributed by atoms with Gasteiger partial charge in [0, 0.05) is 19.6 Å². The van der Waals surface area contributed by atoms with E-state index in [9.17, 15) is 4.39 Å². The Morgan fingerprint density at radius 1 is 1.26 bits per heavy atom. The molecule has 0 bridgehead atoms. The van der Waals surface area contributed by atoms with Crippen molar-refractivity contribution in [3.05, 3.63) is 53.8 Å². The number of nitrogens with two attached hydrogens (primary N) is 1. The zero-order valence-electron chi connectivity index (χ0n) is 13.2. The molecule has 0 amide bonds. The summed E-state index contributed by atoms with van der Waals surface area (Å²) in [6.07, 6.45) is 1.90. The van der Waals surface area contributed by atoms with Crippen LogP contribution in [0.15, 0.2) is 42.5 Å². The lowest BCUT2D eigenvalue weighted by Gasteiger charge is -2.18. The lowest BCUT2D eigenvalue weighted by Crippen LogP contribution is -2.23. The van der Waals surface area contributed by atoms with Gasteiger partial charge in [0.15, 0.2) is 0 Å². The van der Waals surface area contributed by atoms with Crippen molar-refractivity contribution < 1.29 is 4.39 Å². The van der Waals surface area contributed by atoms with Crippen LogP contribution in [0.3, 0.4) is 0 Å². The first-order valence-electron chi connectivity index (χ1n) is 8.15. The summed E-state index contributed by atoms with van der Waals surface area (Å²) < 4.78 is 13.2. The smallest absolute Gasteiger partial charge is 0.130 e. The number of nitrogens with zero attached hydrogens (tertiary/aromatic N) is 2. The van der Waals surface area contributed by atoms with Gasteiger partial charge >= 0.3 is 0 Å². The molecule has 23 heavy (non-hydrogen) atoms. The van der Waals surface area contributed by atoms with Gasteiger partial charge in [-0.15, -0.1) is 0 Å². The quantitative estimate of drug-likeness (QED) is 0.861. The summed E-state index contributed by atoms with van der Waals surface area (Å²) >= 11 is 0. The summed E-state index contributed by atoms with van der Waals surface area (Å²) in [5.41, 5.74) is 6.73. The van der Waals surface area contributed by atoms with E-state index in [1.54, 1.807) is 12.1 Å². The minimum atomic E-state index is -0.189. The molecule has 1 atom stereocenters. The van der Waals surface area contributed by atoms with Crippen LogP contribution >= 0.6 is 0 Å². The van der Waals surface area contributed by atoms with Crippen molar-refractivity contribution in [3.8, 4) is 0 Å². The highest BCUT2D eigenvalue weighted by Crippen LogP contribution is 2.22. The van der Waals surface area contributed by atoms with E-state index in [-0.39, 0.29) is 5.82 Å². The van der Waals surface area contributed by atoms with Crippen LogP contribution in [0.1, 0.15) is 12.0 Å². The molecule has 122 valence electrons. The maximum Gasteiger partial charge on any atom is 0.130 e. The molecule has 0 radical (unpaired) electrons. The van der Waals surface area contributed by atoms with Crippen LogP contribution in [0.2, 0.25) is 0 Å². The summed E-state index contributed by atoms with van der Waals surface area (Å²) in [4.78, 5) is 6.96. The fraction of sp³-hybridized carbons (Fsp3) is 0.389. The second-order valence-electron chi connectivity index (χ2n) is 6.02. The van der Waals surface area contributed by atoms with Gasteiger partial charge in [0.1, 0.15) is 17.5 Å². The number of halogens is 1. The Bertz CT molecular complexity index is 646. The number of anilines is 2. The molecule has 0 spiro atoms. The maximum atomic E-state index is 13.2. The lowest BCUT2D eigenvalue weighted by molar-refractivity contribution is 0.602. The average Bonchev–Trinajstić information content (AvgIpc) is 3.04. The Kier molecular flexibility index (Phi) is 5.08. The molecule has 1 aromatic heterocycles. The molecule has 0 unspecified atom stereocenters. The predicted molar refractivity (Wildman–Crippen MR) is 92.2 cm³/mol. The third kappa shape index (κ3) is 4.20. The first-order chi connectivity index (χ1) is 11.2. The fourth-order valence-electron chi connectivity index (χ4n) is 2.96. The van der Waals surface area contributed by atoms with Crippen molar-refractivity contribution in [2.75, 3.05) is 36.4 Å². The van der Waals surface area contributed by atoms with Crippen molar-refractivity contribution in [3.63, 3.8) is 0 Å². The van der Waals surface area contributed by atoms with Gasteiger partial charge in [-0.1, -0.05) is 18.2 Å². The monoisotopic (exact) mass is 314 g/mol. The number of benzene rings is 1. The predicted octanol–water partition coefficient (Wildman–Crippen LogP) is 2.66. The normalized spacial score (nSPS) is 17.5. The standard InChI is InChI=1S/C18H23FN4/c19-16-4-1-3-14(11-16)7-9-21-17-5-2-6-18(22-17)23-10-8-15(12-20)13-23/h1-6,11,15H,7-10,12-13,20H2,(H,21,22)/t15-/m0/s1. The number of pyridine rings is 1. The third-order valence-corrected chi connectivity index (χ3v) is 4.29. The zero-order chi connectivity index (χ0) is 16.1. The summed E-state index contributed by atoms with van der Waals surface area (Å²) in [5, 5.41) is 3.32. The van der Waals surface area contributed by atoms with Crippen LogP contribution in [0, 0.1) is 11.7 Å². The molecule has 4 nitrogen and oxygen atoms in total. The fourth-order valence-corrected chi connectivity index (χ4v) is 2.96. The number of nitrogens with one attached hydrogen (secondary N) is 1. The summed E-state index contributed by atoms with van der Waals surface area (Å²) in [6.45, 7) is 3.46. The van der Waals surface area contributed by atoms with E-state index in [1.807, 2.05) is 24.3 Å². The van der Waals surface area contributed by atoms with E-state index in [1.165, 1.54) is 6.07 Å². The van der Waals surface area contributed by atoms with Crippen LogP contribution in [0.5, 0.6) is 0 Å². The number of rotatable bonds is 6. The minimum Gasteiger partial charge on any atom is -0.370 e.